The van der Waals surface area contributed by atoms with Gasteiger partial charge in [0.15, 0.2) is 6.61 Å². The highest BCUT2D eigenvalue weighted by Gasteiger charge is 2.16. The van der Waals surface area contributed by atoms with Crippen LogP contribution in [0.4, 0.5) is 11.4 Å². The highest BCUT2D eigenvalue weighted by atomic mass is 16.5. The molecule has 0 spiro atoms. The van der Waals surface area contributed by atoms with E-state index in [0.717, 1.165) is 30.0 Å². The Hall–Kier alpha value is -3.39. The maximum atomic E-state index is 12.4. The van der Waals surface area contributed by atoms with Crippen molar-refractivity contribution in [1.29, 1.82) is 0 Å². The number of ether oxygens (including phenoxy) is 2. The van der Waals surface area contributed by atoms with Crippen LogP contribution in [-0.4, -0.2) is 49.0 Å². The molecular weight excluding hydrogens is 360 g/mol. The van der Waals surface area contributed by atoms with E-state index in [9.17, 15) is 4.79 Å². The average molecular weight is 380 g/mol. The molecule has 1 aromatic heterocycles. The monoisotopic (exact) mass is 380 g/mol. The maximum Gasteiger partial charge on any atom is 0.262 e. The van der Waals surface area contributed by atoms with Gasteiger partial charge in [-0.2, -0.15) is 0 Å². The Morgan fingerprint density at radius 2 is 1.89 bits per heavy atom. The standard InChI is InChI=1S/C20H20N4O4/c25-19(13-27-16-7-5-15(6-8-16)20-23-21-14-28-20)22-17-3-1-2-4-18(17)24-9-11-26-12-10-24/h1-8,14H,9-13H2,(H,22,25). The Morgan fingerprint density at radius 1 is 1.11 bits per heavy atom. The topological polar surface area (TPSA) is 89.7 Å². The molecule has 2 aromatic carbocycles. The lowest BCUT2D eigenvalue weighted by Gasteiger charge is -2.30. The largest absolute Gasteiger partial charge is 0.484 e. The van der Waals surface area contributed by atoms with E-state index in [-0.39, 0.29) is 12.5 Å². The second-order valence-electron chi connectivity index (χ2n) is 6.22. The number of hydrogen-bond acceptors (Lipinski definition) is 7. The Balaban J connectivity index is 1.35. The summed E-state index contributed by atoms with van der Waals surface area (Å²) in [4.78, 5) is 14.6. The van der Waals surface area contributed by atoms with Gasteiger partial charge in [0.05, 0.1) is 24.6 Å². The van der Waals surface area contributed by atoms with E-state index in [1.54, 1.807) is 24.3 Å². The number of anilines is 2. The number of nitrogens with one attached hydrogen (secondary N) is 1. The number of aromatic nitrogens is 2. The fourth-order valence-corrected chi connectivity index (χ4v) is 2.99. The zero-order valence-electron chi connectivity index (χ0n) is 15.2. The van der Waals surface area contributed by atoms with E-state index in [2.05, 4.69) is 20.4 Å². The van der Waals surface area contributed by atoms with Gasteiger partial charge in [0, 0.05) is 18.7 Å². The molecule has 2 heterocycles. The number of carbonyl (C=O) groups is 1. The summed E-state index contributed by atoms with van der Waals surface area (Å²) in [5.74, 6) is 0.797. The van der Waals surface area contributed by atoms with E-state index in [1.165, 1.54) is 6.39 Å². The molecule has 0 bridgehead atoms. The first-order valence-electron chi connectivity index (χ1n) is 9.00. The van der Waals surface area contributed by atoms with E-state index >= 15 is 0 Å². The van der Waals surface area contributed by atoms with Crippen molar-refractivity contribution in [3.8, 4) is 17.2 Å². The maximum absolute atomic E-state index is 12.4. The summed E-state index contributed by atoms with van der Waals surface area (Å²) in [7, 11) is 0. The minimum absolute atomic E-state index is 0.0860. The molecule has 4 rings (SSSR count). The minimum Gasteiger partial charge on any atom is -0.484 e. The fraction of sp³-hybridized carbons (Fsp3) is 0.250. The fourth-order valence-electron chi connectivity index (χ4n) is 2.99. The van der Waals surface area contributed by atoms with Gasteiger partial charge in [-0.3, -0.25) is 4.79 Å². The van der Waals surface area contributed by atoms with Crippen LogP contribution in [0.2, 0.25) is 0 Å². The molecule has 3 aromatic rings. The molecule has 28 heavy (non-hydrogen) atoms. The zero-order chi connectivity index (χ0) is 19.2. The Morgan fingerprint density at radius 3 is 2.64 bits per heavy atom. The van der Waals surface area contributed by atoms with Crippen molar-refractivity contribution in [2.75, 3.05) is 43.1 Å². The van der Waals surface area contributed by atoms with Crippen molar-refractivity contribution in [3.63, 3.8) is 0 Å². The van der Waals surface area contributed by atoms with Crippen LogP contribution in [0.25, 0.3) is 11.5 Å². The number of amides is 1. The Kier molecular flexibility index (Phi) is 5.48. The van der Waals surface area contributed by atoms with Gasteiger partial charge in [-0.05, 0) is 36.4 Å². The third-order valence-electron chi connectivity index (χ3n) is 4.36. The molecule has 1 amide bonds. The van der Waals surface area contributed by atoms with Crippen molar-refractivity contribution >= 4 is 17.3 Å². The second-order valence-corrected chi connectivity index (χ2v) is 6.22. The third kappa shape index (κ3) is 4.29. The quantitative estimate of drug-likeness (QED) is 0.703. The van der Waals surface area contributed by atoms with Gasteiger partial charge in [0.25, 0.3) is 5.91 Å². The first kappa shape index (κ1) is 18.0. The molecular formula is C20H20N4O4. The van der Waals surface area contributed by atoms with Crippen LogP contribution in [-0.2, 0) is 9.53 Å². The summed E-state index contributed by atoms with van der Waals surface area (Å²) >= 11 is 0. The molecule has 8 nitrogen and oxygen atoms in total. The van der Waals surface area contributed by atoms with E-state index in [1.807, 2.05) is 24.3 Å². The Labute approximate surface area is 162 Å². The van der Waals surface area contributed by atoms with Gasteiger partial charge in [0.1, 0.15) is 5.75 Å². The van der Waals surface area contributed by atoms with Crippen LogP contribution < -0.4 is 15.0 Å². The summed E-state index contributed by atoms with van der Waals surface area (Å²) in [6, 6.07) is 14.9. The van der Waals surface area contributed by atoms with Crippen LogP contribution in [0.15, 0.2) is 59.3 Å². The molecule has 0 radical (unpaired) electrons. The SMILES string of the molecule is O=C(COc1ccc(-c2nnco2)cc1)Nc1ccccc1N1CCOCC1. The first-order valence-corrected chi connectivity index (χ1v) is 9.00. The number of para-hydroxylation sites is 2. The third-order valence-corrected chi connectivity index (χ3v) is 4.36. The number of benzene rings is 2. The predicted octanol–water partition coefficient (Wildman–Crippen LogP) is 2.59. The van der Waals surface area contributed by atoms with Crippen LogP contribution in [0.1, 0.15) is 0 Å². The number of carbonyl (C=O) groups excluding carboxylic acids is 1. The zero-order valence-corrected chi connectivity index (χ0v) is 15.2. The number of rotatable bonds is 6. The lowest BCUT2D eigenvalue weighted by Crippen LogP contribution is -2.36. The lowest BCUT2D eigenvalue weighted by atomic mass is 10.2. The predicted molar refractivity (Wildman–Crippen MR) is 103 cm³/mol. The van der Waals surface area contributed by atoms with E-state index < -0.39 is 0 Å². The van der Waals surface area contributed by atoms with Crippen LogP contribution in [0.3, 0.4) is 0 Å². The number of morpholine rings is 1. The minimum atomic E-state index is -0.221. The van der Waals surface area contributed by atoms with Gasteiger partial charge in [-0.15, -0.1) is 10.2 Å². The highest BCUT2D eigenvalue weighted by molar-refractivity contribution is 5.95. The summed E-state index contributed by atoms with van der Waals surface area (Å²) in [6.07, 6.45) is 1.28. The van der Waals surface area contributed by atoms with Crippen LogP contribution >= 0.6 is 0 Å². The molecule has 1 aliphatic heterocycles. The smallest absolute Gasteiger partial charge is 0.262 e. The molecule has 0 aliphatic carbocycles. The van der Waals surface area contributed by atoms with Crippen LogP contribution in [0, 0.1) is 0 Å². The molecule has 1 saturated heterocycles. The van der Waals surface area contributed by atoms with Crippen LogP contribution in [0.5, 0.6) is 5.75 Å². The number of nitrogens with zero attached hydrogens (tertiary/aromatic N) is 3. The average Bonchev–Trinajstić information content (AvgIpc) is 3.29. The number of hydrogen-bond donors (Lipinski definition) is 1. The van der Waals surface area contributed by atoms with Crippen molar-refractivity contribution in [2.24, 2.45) is 0 Å². The summed E-state index contributed by atoms with van der Waals surface area (Å²) < 4.78 is 16.1. The van der Waals surface area contributed by atoms with E-state index in [0.29, 0.717) is 24.9 Å². The molecule has 1 N–H and O–H groups in total. The molecule has 0 saturated carbocycles. The van der Waals surface area contributed by atoms with Gasteiger partial charge in [-0.25, -0.2) is 0 Å². The summed E-state index contributed by atoms with van der Waals surface area (Å²) in [6.45, 7) is 2.89. The summed E-state index contributed by atoms with van der Waals surface area (Å²) in [5.41, 5.74) is 2.54. The molecule has 1 aliphatic rings. The Bertz CT molecular complexity index is 906. The van der Waals surface area contributed by atoms with Gasteiger partial charge in [-0.1, -0.05) is 12.1 Å². The van der Waals surface area contributed by atoms with Crippen molar-refractivity contribution in [2.45, 2.75) is 0 Å². The first-order chi connectivity index (χ1) is 13.8. The summed E-state index contributed by atoms with van der Waals surface area (Å²) in [5, 5.41) is 10.4. The van der Waals surface area contributed by atoms with Gasteiger partial charge >= 0.3 is 0 Å². The lowest BCUT2D eigenvalue weighted by molar-refractivity contribution is -0.118. The molecule has 0 atom stereocenters. The molecule has 8 heteroatoms. The molecule has 0 unspecified atom stereocenters. The normalized spacial score (nSPS) is 13.9. The van der Waals surface area contributed by atoms with E-state index in [4.69, 9.17) is 13.9 Å². The van der Waals surface area contributed by atoms with Crippen molar-refractivity contribution in [1.82, 2.24) is 10.2 Å². The second kappa shape index (κ2) is 8.53. The van der Waals surface area contributed by atoms with Crippen molar-refractivity contribution in [3.05, 3.63) is 54.9 Å². The molecule has 1 fully saturated rings. The van der Waals surface area contributed by atoms with Gasteiger partial charge in [0.2, 0.25) is 12.3 Å². The van der Waals surface area contributed by atoms with Gasteiger partial charge < -0.3 is 24.1 Å². The molecule has 144 valence electrons. The van der Waals surface area contributed by atoms with Crippen molar-refractivity contribution < 1.29 is 18.7 Å². The highest BCUT2D eigenvalue weighted by Crippen LogP contribution is 2.26.